The summed E-state index contributed by atoms with van der Waals surface area (Å²) in [6.45, 7) is 1.24. The second-order valence-electron chi connectivity index (χ2n) is 2.82. The van der Waals surface area contributed by atoms with Gasteiger partial charge in [-0.25, -0.2) is 8.78 Å². The molecule has 0 saturated heterocycles. The highest BCUT2D eigenvalue weighted by Crippen LogP contribution is 2.30. The average molecular weight is 264 g/mol. The van der Waals surface area contributed by atoms with Gasteiger partial charge in [0.2, 0.25) is 0 Å². The lowest BCUT2D eigenvalue weighted by Crippen LogP contribution is -2.02. The number of alkyl halides is 2. The highest BCUT2D eigenvalue weighted by Gasteiger charge is 2.17. The fourth-order valence-electron chi connectivity index (χ4n) is 1.09. The van der Waals surface area contributed by atoms with E-state index < -0.39 is 12.2 Å². The number of nitrogen functional groups attached to an aromatic ring is 1. The van der Waals surface area contributed by atoms with Crippen molar-refractivity contribution in [3.05, 3.63) is 27.7 Å². The Morgan fingerprint density at radius 2 is 2.07 bits per heavy atom. The number of nitrogens with two attached hydrogens (primary N) is 1. The molecular weight excluding hydrogens is 256 g/mol. The van der Waals surface area contributed by atoms with Crippen molar-refractivity contribution in [1.82, 2.24) is 0 Å². The van der Waals surface area contributed by atoms with Crippen LogP contribution in [0.2, 0.25) is 0 Å². The SMILES string of the molecule is CC(=O)c1cc(Br)c(N)cc1C(F)F. The number of halogens is 3. The van der Waals surface area contributed by atoms with Crippen molar-refractivity contribution in [3.63, 3.8) is 0 Å². The summed E-state index contributed by atoms with van der Waals surface area (Å²) in [7, 11) is 0. The largest absolute Gasteiger partial charge is 0.398 e. The number of hydrogen-bond acceptors (Lipinski definition) is 2. The summed E-state index contributed by atoms with van der Waals surface area (Å²) in [5.41, 5.74) is 5.32. The first-order valence-electron chi connectivity index (χ1n) is 3.81. The molecule has 0 fully saturated rings. The molecule has 0 radical (unpaired) electrons. The van der Waals surface area contributed by atoms with E-state index in [0.29, 0.717) is 4.47 Å². The molecule has 1 aromatic carbocycles. The lowest BCUT2D eigenvalue weighted by atomic mass is 10.0. The molecule has 1 aromatic rings. The van der Waals surface area contributed by atoms with Gasteiger partial charge in [0.05, 0.1) is 0 Å². The van der Waals surface area contributed by atoms with Crippen molar-refractivity contribution < 1.29 is 13.6 Å². The number of ketones is 1. The molecular formula is C9H8BrF2NO. The molecule has 0 aliphatic rings. The van der Waals surface area contributed by atoms with E-state index >= 15 is 0 Å². The normalized spacial score (nSPS) is 10.6. The quantitative estimate of drug-likeness (QED) is 0.658. The lowest BCUT2D eigenvalue weighted by molar-refractivity contribution is 0.0999. The third kappa shape index (κ3) is 2.09. The van der Waals surface area contributed by atoms with E-state index in [1.807, 2.05) is 0 Å². The molecule has 2 nitrogen and oxygen atoms in total. The van der Waals surface area contributed by atoms with E-state index in [2.05, 4.69) is 15.9 Å². The molecule has 0 heterocycles. The number of anilines is 1. The van der Waals surface area contributed by atoms with Gasteiger partial charge in [0, 0.05) is 21.3 Å². The minimum absolute atomic E-state index is 0.000995. The first-order chi connectivity index (χ1) is 6.43. The van der Waals surface area contributed by atoms with Crippen molar-refractivity contribution in [1.29, 1.82) is 0 Å². The zero-order chi connectivity index (χ0) is 10.9. The van der Waals surface area contributed by atoms with Crippen molar-refractivity contribution in [2.75, 3.05) is 5.73 Å². The van der Waals surface area contributed by atoms with Gasteiger partial charge in [0.25, 0.3) is 6.43 Å². The minimum atomic E-state index is -2.69. The van der Waals surface area contributed by atoms with Gasteiger partial charge in [-0.15, -0.1) is 0 Å². The number of benzene rings is 1. The van der Waals surface area contributed by atoms with Crippen LogP contribution < -0.4 is 5.73 Å². The topological polar surface area (TPSA) is 43.1 Å². The highest BCUT2D eigenvalue weighted by molar-refractivity contribution is 9.10. The standard InChI is InChI=1S/C9H8BrF2NO/c1-4(14)5-2-7(10)8(13)3-6(5)9(11)12/h2-3,9H,13H2,1H3. The molecule has 0 aromatic heterocycles. The van der Waals surface area contributed by atoms with Gasteiger partial charge in [-0.1, -0.05) is 0 Å². The summed E-state index contributed by atoms with van der Waals surface area (Å²) >= 11 is 3.08. The third-order valence-corrected chi connectivity index (χ3v) is 2.47. The Labute approximate surface area is 88.2 Å². The Hall–Kier alpha value is -0.970. The van der Waals surface area contributed by atoms with Gasteiger partial charge in [-0.2, -0.15) is 0 Å². The summed E-state index contributed by atoms with van der Waals surface area (Å²) in [5, 5.41) is 0. The maximum Gasteiger partial charge on any atom is 0.264 e. The van der Waals surface area contributed by atoms with Crippen molar-refractivity contribution in [2.24, 2.45) is 0 Å². The number of carbonyl (C=O) groups is 1. The third-order valence-electron chi connectivity index (χ3n) is 1.78. The van der Waals surface area contributed by atoms with Crippen LogP contribution in [0, 0.1) is 0 Å². The fourth-order valence-corrected chi connectivity index (χ4v) is 1.44. The smallest absolute Gasteiger partial charge is 0.264 e. The Bertz CT molecular complexity index is 379. The molecule has 0 unspecified atom stereocenters. The zero-order valence-electron chi connectivity index (χ0n) is 7.35. The summed E-state index contributed by atoms with van der Waals surface area (Å²) in [5.74, 6) is -0.402. The molecule has 0 aliphatic heterocycles. The predicted molar refractivity (Wildman–Crippen MR) is 53.5 cm³/mol. The van der Waals surface area contributed by atoms with E-state index in [4.69, 9.17) is 5.73 Å². The number of rotatable bonds is 2. The summed E-state index contributed by atoms with van der Waals surface area (Å²) in [6.07, 6.45) is -2.69. The molecule has 0 saturated carbocycles. The summed E-state index contributed by atoms with van der Waals surface area (Å²) < 4.78 is 25.4. The van der Waals surface area contributed by atoms with E-state index in [1.165, 1.54) is 13.0 Å². The van der Waals surface area contributed by atoms with Crippen LogP contribution in [0.5, 0.6) is 0 Å². The number of Topliss-reactive ketones (excluding diaryl/α,β-unsaturated/α-hetero) is 1. The maximum atomic E-state index is 12.5. The Kier molecular flexibility index (Phi) is 3.21. The van der Waals surface area contributed by atoms with Gasteiger partial charge in [0.15, 0.2) is 5.78 Å². The van der Waals surface area contributed by atoms with Gasteiger partial charge < -0.3 is 5.73 Å². The van der Waals surface area contributed by atoms with Crippen LogP contribution in [0.1, 0.15) is 29.3 Å². The minimum Gasteiger partial charge on any atom is -0.398 e. The lowest BCUT2D eigenvalue weighted by Gasteiger charge is -2.08. The second kappa shape index (κ2) is 4.04. The molecule has 2 N–H and O–H groups in total. The van der Waals surface area contributed by atoms with Crippen LogP contribution in [-0.4, -0.2) is 5.78 Å². The maximum absolute atomic E-state index is 12.5. The van der Waals surface area contributed by atoms with E-state index in [-0.39, 0.29) is 16.8 Å². The summed E-state index contributed by atoms with van der Waals surface area (Å²) in [6, 6.07) is 2.44. The van der Waals surface area contributed by atoms with Crippen LogP contribution in [0.4, 0.5) is 14.5 Å². The molecule has 1 rings (SSSR count). The van der Waals surface area contributed by atoms with Crippen LogP contribution in [-0.2, 0) is 0 Å². The molecule has 0 aliphatic carbocycles. The van der Waals surface area contributed by atoms with Crippen LogP contribution in [0.15, 0.2) is 16.6 Å². The van der Waals surface area contributed by atoms with Crippen LogP contribution in [0.25, 0.3) is 0 Å². The first kappa shape index (κ1) is 11.1. The fraction of sp³-hybridized carbons (Fsp3) is 0.222. The van der Waals surface area contributed by atoms with Gasteiger partial charge >= 0.3 is 0 Å². The Morgan fingerprint density at radius 1 is 1.50 bits per heavy atom. The zero-order valence-corrected chi connectivity index (χ0v) is 8.94. The predicted octanol–water partition coefficient (Wildman–Crippen LogP) is 3.17. The first-order valence-corrected chi connectivity index (χ1v) is 4.60. The van der Waals surface area contributed by atoms with Crippen LogP contribution >= 0.6 is 15.9 Å². The molecule has 5 heteroatoms. The van der Waals surface area contributed by atoms with Gasteiger partial charge in [-0.3, -0.25) is 4.79 Å². The highest BCUT2D eigenvalue weighted by atomic mass is 79.9. The van der Waals surface area contributed by atoms with E-state index in [9.17, 15) is 13.6 Å². The van der Waals surface area contributed by atoms with Crippen molar-refractivity contribution >= 4 is 27.4 Å². The monoisotopic (exact) mass is 263 g/mol. The number of hydrogen-bond donors (Lipinski definition) is 1. The van der Waals surface area contributed by atoms with Crippen LogP contribution in [0.3, 0.4) is 0 Å². The molecule has 0 bridgehead atoms. The molecule has 0 amide bonds. The second-order valence-corrected chi connectivity index (χ2v) is 3.67. The Morgan fingerprint density at radius 3 is 2.50 bits per heavy atom. The van der Waals surface area contributed by atoms with E-state index in [1.54, 1.807) is 0 Å². The average Bonchev–Trinajstić information content (AvgIpc) is 2.08. The van der Waals surface area contributed by atoms with Crippen molar-refractivity contribution in [2.45, 2.75) is 13.3 Å². The van der Waals surface area contributed by atoms with Crippen molar-refractivity contribution in [3.8, 4) is 0 Å². The molecule has 76 valence electrons. The number of carbonyl (C=O) groups excluding carboxylic acids is 1. The molecule has 0 spiro atoms. The van der Waals surface area contributed by atoms with Gasteiger partial charge in [0.1, 0.15) is 0 Å². The molecule has 14 heavy (non-hydrogen) atoms. The van der Waals surface area contributed by atoms with E-state index in [0.717, 1.165) is 6.07 Å². The summed E-state index contributed by atoms with van der Waals surface area (Å²) in [4.78, 5) is 11.0. The van der Waals surface area contributed by atoms with Gasteiger partial charge in [-0.05, 0) is 35.0 Å². The Balaban J connectivity index is 3.39. The molecule has 0 atom stereocenters.